The van der Waals surface area contributed by atoms with Crippen molar-refractivity contribution in [2.24, 2.45) is 0 Å². The van der Waals surface area contributed by atoms with Gasteiger partial charge < -0.3 is 10.1 Å². The summed E-state index contributed by atoms with van der Waals surface area (Å²) in [5, 5.41) is 13.4. The quantitative estimate of drug-likeness (QED) is 0.274. The number of thioether (sulfide) groups is 1. The Hall–Kier alpha value is -3.20. The van der Waals surface area contributed by atoms with Crippen LogP contribution >= 0.6 is 11.8 Å². The number of carbonyl (C=O) groups is 3. The van der Waals surface area contributed by atoms with Gasteiger partial charge in [0.25, 0.3) is 11.6 Å². The molecule has 1 atom stereocenters. The third kappa shape index (κ3) is 6.72. The summed E-state index contributed by atoms with van der Waals surface area (Å²) in [6.45, 7) is -0.439. The lowest BCUT2D eigenvalue weighted by Crippen LogP contribution is -2.42. The number of non-ortho nitro benzene ring substituents is 1. The summed E-state index contributed by atoms with van der Waals surface area (Å²) in [5.41, 5.74) is 0.248. The minimum absolute atomic E-state index is 0.0570. The smallest absolute Gasteiger partial charge is 0.329 e. The van der Waals surface area contributed by atoms with Crippen LogP contribution in [0.4, 0.5) is 5.69 Å². The average Bonchev–Trinajstić information content (AvgIpc) is 2.75. The van der Waals surface area contributed by atoms with Gasteiger partial charge in [-0.25, -0.2) is 4.79 Å². The average molecular weight is 416 g/mol. The predicted octanol–water partition coefficient (Wildman–Crippen LogP) is 2.87. The highest BCUT2D eigenvalue weighted by molar-refractivity contribution is 7.98. The molecule has 0 saturated heterocycles. The molecule has 0 aliphatic carbocycles. The maximum atomic E-state index is 12.4. The van der Waals surface area contributed by atoms with Crippen LogP contribution in [0.3, 0.4) is 0 Å². The van der Waals surface area contributed by atoms with E-state index in [9.17, 15) is 24.5 Å². The fraction of sp³-hybridized carbons (Fsp3) is 0.250. The van der Waals surface area contributed by atoms with Crippen molar-refractivity contribution in [1.82, 2.24) is 5.32 Å². The molecule has 0 radical (unpaired) electrons. The molecule has 0 fully saturated rings. The van der Waals surface area contributed by atoms with Gasteiger partial charge in [0.15, 0.2) is 12.4 Å². The molecule has 0 unspecified atom stereocenters. The van der Waals surface area contributed by atoms with Crippen LogP contribution in [0.25, 0.3) is 0 Å². The zero-order valence-corrected chi connectivity index (χ0v) is 16.5. The number of hydrogen-bond donors (Lipinski definition) is 1. The highest BCUT2D eigenvalue weighted by Crippen LogP contribution is 2.14. The van der Waals surface area contributed by atoms with E-state index < -0.39 is 29.4 Å². The van der Waals surface area contributed by atoms with Crippen LogP contribution in [0.15, 0.2) is 54.6 Å². The van der Waals surface area contributed by atoms with Crippen molar-refractivity contribution in [3.63, 3.8) is 0 Å². The zero-order valence-electron chi connectivity index (χ0n) is 15.7. The lowest BCUT2D eigenvalue weighted by atomic mass is 10.1. The van der Waals surface area contributed by atoms with Gasteiger partial charge in [0, 0.05) is 23.3 Å². The lowest BCUT2D eigenvalue weighted by molar-refractivity contribution is -0.384. The van der Waals surface area contributed by atoms with Crippen LogP contribution in [0.1, 0.15) is 27.1 Å². The standard InChI is InChI=1S/C20H20N2O6S/c1-29-11-10-17(20(25)28-13-18(23)14-6-3-2-4-7-14)21-19(24)15-8-5-9-16(12-15)22(26)27/h2-9,12,17H,10-11,13H2,1H3,(H,21,24)/t17-/m1/s1. The number of carbonyl (C=O) groups excluding carboxylic acids is 3. The minimum atomic E-state index is -0.974. The van der Waals surface area contributed by atoms with E-state index >= 15 is 0 Å². The number of amides is 1. The third-order valence-corrected chi connectivity index (χ3v) is 4.60. The van der Waals surface area contributed by atoms with Crippen LogP contribution in [-0.4, -0.2) is 47.2 Å². The molecule has 2 aromatic carbocycles. The molecule has 0 spiro atoms. The summed E-state index contributed by atoms with van der Waals surface area (Å²) in [6, 6.07) is 12.6. The maximum Gasteiger partial charge on any atom is 0.329 e. The van der Waals surface area contributed by atoms with E-state index in [0.717, 1.165) is 6.07 Å². The van der Waals surface area contributed by atoms with Crippen molar-refractivity contribution in [3.05, 3.63) is 75.8 Å². The molecular weight excluding hydrogens is 396 g/mol. The molecule has 8 nitrogen and oxygen atoms in total. The first-order valence-electron chi connectivity index (χ1n) is 8.71. The number of nitrogens with zero attached hydrogens (tertiary/aromatic N) is 1. The number of benzene rings is 2. The second-order valence-corrected chi connectivity index (χ2v) is 7.00. The predicted molar refractivity (Wildman–Crippen MR) is 109 cm³/mol. The summed E-state index contributed by atoms with van der Waals surface area (Å²) >= 11 is 1.48. The Labute approximate surface area is 171 Å². The van der Waals surface area contributed by atoms with Crippen LogP contribution in [0, 0.1) is 10.1 Å². The van der Waals surface area contributed by atoms with Gasteiger partial charge in [-0.1, -0.05) is 36.4 Å². The topological polar surface area (TPSA) is 116 Å². The van der Waals surface area contributed by atoms with E-state index in [1.54, 1.807) is 30.3 Å². The van der Waals surface area contributed by atoms with Crippen LogP contribution in [-0.2, 0) is 9.53 Å². The number of rotatable bonds is 10. The van der Waals surface area contributed by atoms with Gasteiger partial charge in [-0.15, -0.1) is 0 Å². The summed E-state index contributed by atoms with van der Waals surface area (Å²) in [7, 11) is 0. The van der Waals surface area contributed by atoms with Gasteiger partial charge >= 0.3 is 5.97 Å². The van der Waals surface area contributed by atoms with Crippen molar-refractivity contribution in [2.75, 3.05) is 18.6 Å². The Bertz CT molecular complexity index is 888. The summed E-state index contributed by atoms with van der Waals surface area (Å²) in [5.74, 6) is -1.15. The number of hydrogen-bond acceptors (Lipinski definition) is 7. The van der Waals surface area contributed by atoms with E-state index in [1.807, 2.05) is 6.26 Å². The Morgan fingerprint density at radius 1 is 1.10 bits per heavy atom. The summed E-state index contributed by atoms with van der Waals surface area (Å²) in [4.78, 5) is 47.2. The second-order valence-electron chi connectivity index (χ2n) is 6.01. The van der Waals surface area contributed by atoms with Crippen molar-refractivity contribution >= 4 is 35.1 Å². The monoisotopic (exact) mass is 416 g/mol. The third-order valence-electron chi connectivity index (χ3n) is 3.96. The number of nitrogens with one attached hydrogen (secondary N) is 1. The second kappa shape index (κ2) is 11.0. The molecule has 0 aromatic heterocycles. The van der Waals surface area contributed by atoms with Crippen molar-refractivity contribution in [3.8, 4) is 0 Å². The first kappa shape index (κ1) is 22.1. The van der Waals surface area contributed by atoms with E-state index in [0.29, 0.717) is 17.7 Å². The molecular formula is C20H20N2O6S. The number of ketones is 1. The molecule has 0 bridgehead atoms. The summed E-state index contributed by atoms with van der Waals surface area (Å²) < 4.78 is 5.10. The molecule has 29 heavy (non-hydrogen) atoms. The molecule has 0 heterocycles. The van der Waals surface area contributed by atoms with Crippen LogP contribution in [0.5, 0.6) is 0 Å². The van der Waals surface area contributed by atoms with Gasteiger partial charge in [0.1, 0.15) is 6.04 Å². The molecule has 2 rings (SSSR count). The van der Waals surface area contributed by atoms with E-state index in [2.05, 4.69) is 5.32 Å². The number of nitro benzene ring substituents is 1. The number of Topliss-reactive ketones (excluding diaryl/α,β-unsaturated/α-hetero) is 1. The minimum Gasteiger partial charge on any atom is -0.456 e. The molecule has 0 saturated carbocycles. The molecule has 0 aliphatic rings. The van der Waals surface area contributed by atoms with Gasteiger partial charge in [-0.05, 0) is 24.5 Å². The van der Waals surface area contributed by atoms with Gasteiger partial charge in [-0.2, -0.15) is 11.8 Å². The zero-order chi connectivity index (χ0) is 21.2. The largest absolute Gasteiger partial charge is 0.456 e. The highest BCUT2D eigenvalue weighted by Gasteiger charge is 2.24. The van der Waals surface area contributed by atoms with Crippen LogP contribution in [0.2, 0.25) is 0 Å². The molecule has 0 aliphatic heterocycles. The molecule has 152 valence electrons. The van der Waals surface area contributed by atoms with Gasteiger partial charge in [0.05, 0.1) is 4.92 Å². The lowest BCUT2D eigenvalue weighted by Gasteiger charge is -2.17. The Kier molecular flexibility index (Phi) is 8.35. The SMILES string of the molecule is CSCC[C@@H](NC(=O)c1cccc([N+](=O)[O-])c1)C(=O)OCC(=O)c1ccccc1. The number of esters is 1. The fourth-order valence-electron chi connectivity index (χ4n) is 2.43. The molecule has 9 heteroatoms. The van der Waals surface area contributed by atoms with Crippen molar-refractivity contribution < 1.29 is 24.0 Å². The number of ether oxygens (including phenoxy) is 1. The Morgan fingerprint density at radius 3 is 2.45 bits per heavy atom. The first-order chi connectivity index (χ1) is 13.9. The summed E-state index contributed by atoms with van der Waals surface area (Å²) in [6.07, 6.45) is 2.14. The first-order valence-corrected chi connectivity index (χ1v) is 10.1. The highest BCUT2D eigenvalue weighted by atomic mass is 32.2. The Balaban J connectivity index is 2.03. The van der Waals surface area contributed by atoms with Crippen molar-refractivity contribution in [2.45, 2.75) is 12.5 Å². The van der Waals surface area contributed by atoms with E-state index in [1.165, 1.54) is 30.0 Å². The normalized spacial score (nSPS) is 11.3. The maximum absolute atomic E-state index is 12.4. The molecule has 2 aromatic rings. The van der Waals surface area contributed by atoms with E-state index in [-0.39, 0.29) is 17.0 Å². The molecule has 1 amide bonds. The van der Waals surface area contributed by atoms with E-state index in [4.69, 9.17) is 4.74 Å². The van der Waals surface area contributed by atoms with Gasteiger partial charge in [0.2, 0.25) is 0 Å². The fourth-order valence-corrected chi connectivity index (χ4v) is 2.90. The van der Waals surface area contributed by atoms with Crippen LogP contribution < -0.4 is 5.32 Å². The number of nitro groups is 1. The van der Waals surface area contributed by atoms with Gasteiger partial charge in [-0.3, -0.25) is 19.7 Å². The molecule has 1 N–H and O–H groups in total. The Morgan fingerprint density at radius 2 is 1.79 bits per heavy atom. The van der Waals surface area contributed by atoms with Crippen molar-refractivity contribution in [1.29, 1.82) is 0 Å².